The summed E-state index contributed by atoms with van der Waals surface area (Å²) in [5, 5.41) is 4.84. The number of fused-ring (bicyclic) bond motifs is 2. The number of carbonyl (C=O) groups is 1. The molecule has 0 N–H and O–H groups in total. The van der Waals surface area contributed by atoms with Crippen molar-refractivity contribution in [2.75, 3.05) is 6.61 Å². The standard InChI is InChI=1S/C21H19N3O3S/c25-17-12-16(18-13-26-20(17)27-18)24-21(28)23(15-9-5-2-6-10-15)19(22-24)11-14-7-3-1-4-8-14/h1-10,16,18,20H,11-13H2/t16-,18+,20-/m0/s1. The number of benzene rings is 2. The first-order valence-corrected chi connectivity index (χ1v) is 9.71. The first-order valence-electron chi connectivity index (χ1n) is 9.30. The van der Waals surface area contributed by atoms with Crippen LogP contribution in [0.2, 0.25) is 0 Å². The highest BCUT2D eigenvalue weighted by atomic mass is 32.1. The normalized spacial score (nSPS) is 23.9. The number of para-hydroxylation sites is 1. The van der Waals surface area contributed by atoms with E-state index < -0.39 is 6.29 Å². The summed E-state index contributed by atoms with van der Waals surface area (Å²) in [6, 6.07) is 19.8. The fourth-order valence-corrected chi connectivity index (χ4v) is 4.23. The van der Waals surface area contributed by atoms with Gasteiger partial charge in [0.15, 0.2) is 5.78 Å². The Kier molecular flexibility index (Phi) is 4.43. The maximum Gasteiger partial charge on any atom is 0.218 e. The molecule has 6 nitrogen and oxygen atoms in total. The molecule has 2 fully saturated rings. The first kappa shape index (κ1) is 17.5. The maximum absolute atomic E-state index is 12.3. The highest BCUT2D eigenvalue weighted by molar-refractivity contribution is 7.71. The molecule has 0 spiro atoms. The van der Waals surface area contributed by atoms with E-state index in [1.807, 2.05) is 53.1 Å². The van der Waals surface area contributed by atoms with Crippen molar-refractivity contribution in [3.8, 4) is 5.69 Å². The summed E-state index contributed by atoms with van der Waals surface area (Å²) in [5.74, 6) is 0.774. The molecule has 2 aromatic carbocycles. The number of carbonyl (C=O) groups excluding carboxylic acids is 1. The molecule has 0 unspecified atom stereocenters. The third kappa shape index (κ3) is 3.01. The number of aromatic nitrogens is 3. The zero-order valence-electron chi connectivity index (χ0n) is 15.1. The second-order valence-corrected chi connectivity index (χ2v) is 7.42. The van der Waals surface area contributed by atoms with E-state index in [4.69, 9.17) is 26.8 Å². The van der Waals surface area contributed by atoms with Crippen molar-refractivity contribution in [3.63, 3.8) is 0 Å². The lowest BCUT2D eigenvalue weighted by molar-refractivity contribution is -0.156. The highest BCUT2D eigenvalue weighted by Crippen LogP contribution is 2.33. The molecule has 3 atom stereocenters. The van der Waals surface area contributed by atoms with Crippen molar-refractivity contribution in [3.05, 3.63) is 76.8 Å². The molecule has 2 bridgehead atoms. The van der Waals surface area contributed by atoms with Crippen molar-refractivity contribution in [2.24, 2.45) is 0 Å². The molecule has 7 heteroatoms. The minimum Gasteiger partial charge on any atom is -0.343 e. The monoisotopic (exact) mass is 393 g/mol. The number of Topliss-reactive ketones (excluding diaryl/α,β-unsaturated/α-hetero) is 1. The second-order valence-electron chi connectivity index (χ2n) is 7.05. The molecule has 1 aromatic heterocycles. The molecule has 0 amide bonds. The van der Waals surface area contributed by atoms with Crippen molar-refractivity contribution in [2.45, 2.75) is 31.3 Å². The van der Waals surface area contributed by atoms with E-state index in [0.717, 1.165) is 17.1 Å². The van der Waals surface area contributed by atoms with Crippen molar-refractivity contribution in [1.82, 2.24) is 14.3 Å². The van der Waals surface area contributed by atoms with Crippen LogP contribution in [0.3, 0.4) is 0 Å². The lowest BCUT2D eigenvalue weighted by Crippen LogP contribution is -2.37. The molecule has 2 aliphatic rings. The number of nitrogens with zero attached hydrogens (tertiary/aromatic N) is 3. The summed E-state index contributed by atoms with van der Waals surface area (Å²) in [7, 11) is 0. The van der Waals surface area contributed by atoms with Crippen LogP contribution in [0.15, 0.2) is 60.7 Å². The molecular formula is C21H19N3O3S. The topological polar surface area (TPSA) is 58.3 Å². The van der Waals surface area contributed by atoms with Gasteiger partial charge in [-0.1, -0.05) is 48.5 Å². The van der Waals surface area contributed by atoms with Gasteiger partial charge in [-0.05, 0) is 29.9 Å². The fraction of sp³-hybridized carbons (Fsp3) is 0.286. The van der Waals surface area contributed by atoms with Crippen molar-refractivity contribution < 1.29 is 14.3 Å². The van der Waals surface area contributed by atoms with Crippen molar-refractivity contribution in [1.29, 1.82) is 0 Å². The smallest absolute Gasteiger partial charge is 0.218 e. The van der Waals surface area contributed by atoms with Gasteiger partial charge in [-0.25, -0.2) is 4.68 Å². The van der Waals surface area contributed by atoms with Gasteiger partial charge >= 0.3 is 0 Å². The van der Waals surface area contributed by atoms with Gasteiger partial charge in [0.2, 0.25) is 11.1 Å². The molecule has 0 aliphatic carbocycles. The zero-order valence-corrected chi connectivity index (χ0v) is 15.9. The third-order valence-corrected chi connectivity index (χ3v) is 5.58. The van der Waals surface area contributed by atoms with Gasteiger partial charge < -0.3 is 9.47 Å². The highest BCUT2D eigenvalue weighted by Gasteiger charge is 2.45. The van der Waals surface area contributed by atoms with E-state index in [9.17, 15) is 4.79 Å². The van der Waals surface area contributed by atoms with Gasteiger partial charge in [0.25, 0.3) is 0 Å². The van der Waals surface area contributed by atoms with Gasteiger partial charge in [-0.15, -0.1) is 0 Å². The van der Waals surface area contributed by atoms with Crippen LogP contribution in [0.5, 0.6) is 0 Å². The fourth-order valence-electron chi connectivity index (χ4n) is 3.84. The molecule has 142 valence electrons. The van der Waals surface area contributed by atoms with E-state index in [1.165, 1.54) is 0 Å². The lowest BCUT2D eigenvalue weighted by Gasteiger charge is -2.26. The Hall–Kier alpha value is -2.61. The minimum atomic E-state index is -0.726. The molecule has 2 aliphatic heterocycles. The predicted octanol–water partition coefficient (Wildman–Crippen LogP) is 3.25. The SMILES string of the molecule is O=C1C[C@H](n2nc(Cc3ccccc3)n(-c3ccccc3)c2=S)[C@H]2CO[C@H]1O2. The molecule has 2 saturated heterocycles. The summed E-state index contributed by atoms with van der Waals surface area (Å²) in [5.41, 5.74) is 2.10. The van der Waals surface area contributed by atoms with Crippen LogP contribution in [0.1, 0.15) is 23.9 Å². The molecule has 0 saturated carbocycles. The van der Waals surface area contributed by atoms with Crippen LogP contribution in [-0.2, 0) is 20.7 Å². The zero-order chi connectivity index (χ0) is 19.1. The summed E-state index contributed by atoms with van der Waals surface area (Å²) in [6.07, 6.45) is 0.0197. The molecule has 28 heavy (non-hydrogen) atoms. The molecular weight excluding hydrogens is 374 g/mol. The largest absolute Gasteiger partial charge is 0.343 e. The van der Waals surface area contributed by atoms with Crippen molar-refractivity contribution >= 4 is 18.0 Å². The first-order chi connectivity index (χ1) is 13.7. The summed E-state index contributed by atoms with van der Waals surface area (Å²) < 4.78 is 15.5. The second kappa shape index (κ2) is 7.09. The molecule has 5 rings (SSSR count). The van der Waals surface area contributed by atoms with Gasteiger partial charge in [-0.3, -0.25) is 9.36 Å². The Balaban J connectivity index is 1.61. The van der Waals surface area contributed by atoms with E-state index in [-0.39, 0.29) is 17.9 Å². The van der Waals surface area contributed by atoms with E-state index >= 15 is 0 Å². The van der Waals surface area contributed by atoms with Gasteiger partial charge in [0.05, 0.1) is 12.6 Å². The van der Waals surface area contributed by atoms with Crippen LogP contribution < -0.4 is 0 Å². The van der Waals surface area contributed by atoms with E-state index in [2.05, 4.69) is 12.1 Å². The van der Waals surface area contributed by atoms with Gasteiger partial charge in [-0.2, -0.15) is 5.10 Å². The molecule has 3 aromatic rings. The number of ketones is 1. The minimum absolute atomic E-state index is 0.0560. The quantitative estimate of drug-likeness (QED) is 0.637. The van der Waals surface area contributed by atoms with E-state index in [1.54, 1.807) is 4.68 Å². The summed E-state index contributed by atoms with van der Waals surface area (Å²) >= 11 is 5.80. The molecule has 0 radical (unpaired) electrons. The van der Waals surface area contributed by atoms with Crippen LogP contribution in [0.25, 0.3) is 5.69 Å². The van der Waals surface area contributed by atoms with Crippen LogP contribution in [0, 0.1) is 4.77 Å². The average molecular weight is 393 g/mol. The Morgan fingerprint density at radius 2 is 1.79 bits per heavy atom. The number of rotatable bonds is 4. The van der Waals surface area contributed by atoms with E-state index in [0.29, 0.717) is 24.2 Å². The van der Waals surface area contributed by atoms with Crippen LogP contribution in [0.4, 0.5) is 0 Å². The lowest BCUT2D eigenvalue weighted by atomic mass is 10.0. The number of hydrogen-bond acceptors (Lipinski definition) is 5. The summed E-state index contributed by atoms with van der Waals surface area (Å²) in [4.78, 5) is 12.3. The van der Waals surface area contributed by atoms with Gasteiger partial charge in [0, 0.05) is 18.5 Å². The Morgan fingerprint density at radius 3 is 2.54 bits per heavy atom. The van der Waals surface area contributed by atoms with Gasteiger partial charge in [0.1, 0.15) is 11.9 Å². The predicted molar refractivity (Wildman–Crippen MR) is 105 cm³/mol. The number of hydrogen-bond donors (Lipinski definition) is 0. The number of ether oxygens (including phenoxy) is 2. The average Bonchev–Trinajstić information content (AvgIpc) is 3.29. The Morgan fingerprint density at radius 1 is 1.07 bits per heavy atom. The summed E-state index contributed by atoms with van der Waals surface area (Å²) in [6.45, 7) is 0.384. The Labute approximate surface area is 167 Å². The Bertz CT molecular complexity index is 1060. The third-order valence-electron chi connectivity index (χ3n) is 5.21. The van der Waals surface area contributed by atoms with Crippen LogP contribution in [-0.4, -0.2) is 39.1 Å². The maximum atomic E-state index is 12.3. The molecule has 3 heterocycles. The van der Waals surface area contributed by atoms with Crippen LogP contribution >= 0.6 is 12.2 Å².